The number of aromatic nitrogens is 2. The van der Waals surface area contributed by atoms with Gasteiger partial charge in [-0.05, 0) is 51.0 Å². The molecule has 2 aromatic rings. The number of benzene rings is 1. The lowest BCUT2D eigenvalue weighted by atomic mass is 10.2. The highest BCUT2D eigenvalue weighted by molar-refractivity contribution is 6.33. The second-order valence-electron chi connectivity index (χ2n) is 5.59. The minimum atomic E-state index is -0.112. The van der Waals surface area contributed by atoms with Crippen molar-refractivity contribution in [1.82, 2.24) is 15.1 Å². The molecule has 0 bridgehead atoms. The van der Waals surface area contributed by atoms with E-state index in [0.29, 0.717) is 22.9 Å². The fourth-order valence-corrected chi connectivity index (χ4v) is 2.89. The van der Waals surface area contributed by atoms with Gasteiger partial charge in [-0.15, -0.1) is 5.10 Å². The van der Waals surface area contributed by atoms with E-state index in [2.05, 4.69) is 20.4 Å². The van der Waals surface area contributed by atoms with Crippen molar-refractivity contribution in [3.05, 3.63) is 29.3 Å². The minimum absolute atomic E-state index is 0.103. The average Bonchev–Trinajstić information content (AvgIpc) is 3.20. The summed E-state index contributed by atoms with van der Waals surface area (Å²) in [7, 11) is 0. The third-order valence-electron chi connectivity index (χ3n) is 3.85. The summed E-state index contributed by atoms with van der Waals surface area (Å²) in [5.41, 5.74) is 0.649. The van der Waals surface area contributed by atoms with Crippen LogP contribution in [0.15, 0.2) is 28.7 Å². The Hall–Kier alpha value is -1.92. The van der Waals surface area contributed by atoms with Gasteiger partial charge in [0.25, 0.3) is 5.89 Å². The standard InChI is InChI=1S/C16H19ClN4O2/c17-13-7-2-1-6-12(13)15-19-20-16(23-15)18-14(22)8-5-11-21-9-3-4-10-21/h1-2,6-7H,3-5,8-11H2,(H,18,20,22). The first kappa shape index (κ1) is 16.0. The van der Waals surface area contributed by atoms with E-state index in [1.165, 1.54) is 12.8 Å². The molecule has 1 aliphatic rings. The van der Waals surface area contributed by atoms with Crippen LogP contribution in [0.5, 0.6) is 0 Å². The number of anilines is 1. The molecule has 0 spiro atoms. The maximum absolute atomic E-state index is 11.9. The average molecular weight is 335 g/mol. The van der Waals surface area contributed by atoms with E-state index < -0.39 is 0 Å². The molecule has 122 valence electrons. The van der Waals surface area contributed by atoms with E-state index in [0.717, 1.165) is 26.1 Å². The number of carbonyl (C=O) groups excluding carboxylic acids is 1. The molecule has 1 N–H and O–H groups in total. The molecule has 0 saturated carbocycles. The molecule has 1 aliphatic heterocycles. The minimum Gasteiger partial charge on any atom is -0.403 e. The summed E-state index contributed by atoms with van der Waals surface area (Å²) < 4.78 is 5.45. The molecule has 1 saturated heterocycles. The highest BCUT2D eigenvalue weighted by atomic mass is 35.5. The number of carbonyl (C=O) groups is 1. The predicted octanol–water partition coefficient (Wildman–Crippen LogP) is 3.20. The SMILES string of the molecule is O=C(CCCN1CCCC1)Nc1nnc(-c2ccccc2Cl)o1. The summed E-state index contributed by atoms with van der Waals surface area (Å²) in [6, 6.07) is 7.30. The van der Waals surface area contributed by atoms with Crippen molar-refractivity contribution in [3.63, 3.8) is 0 Å². The molecule has 1 amide bonds. The van der Waals surface area contributed by atoms with E-state index in [1.807, 2.05) is 12.1 Å². The number of hydrogen-bond acceptors (Lipinski definition) is 5. The first-order valence-corrected chi connectivity index (χ1v) is 8.21. The largest absolute Gasteiger partial charge is 0.403 e. The van der Waals surface area contributed by atoms with Crippen LogP contribution in [0.1, 0.15) is 25.7 Å². The number of nitrogens with zero attached hydrogens (tertiary/aromatic N) is 3. The van der Waals surface area contributed by atoms with Gasteiger partial charge in [-0.1, -0.05) is 28.8 Å². The monoisotopic (exact) mass is 334 g/mol. The van der Waals surface area contributed by atoms with Crippen LogP contribution in [0.4, 0.5) is 6.01 Å². The molecule has 23 heavy (non-hydrogen) atoms. The summed E-state index contributed by atoms with van der Waals surface area (Å²) in [4.78, 5) is 14.3. The Bertz CT molecular complexity index is 668. The molecule has 1 aromatic carbocycles. The highest BCUT2D eigenvalue weighted by Gasteiger charge is 2.14. The molecule has 0 atom stereocenters. The molecule has 2 heterocycles. The van der Waals surface area contributed by atoms with Gasteiger partial charge in [-0.3, -0.25) is 10.1 Å². The van der Waals surface area contributed by atoms with Crippen molar-refractivity contribution in [2.75, 3.05) is 25.0 Å². The van der Waals surface area contributed by atoms with Crippen molar-refractivity contribution in [3.8, 4) is 11.5 Å². The van der Waals surface area contributed by atoms with Gasteiger partial charge in [-0.2, -0.15) is 0 Å². The Morgan fingerprint density at radius 3 is 2.83 bits per heavy atom. The number of likely N-dealkylation sites (tertiary alicyclic amines) is 1. The lowest BCUT2D eigenvalue weighted by molar-refractivity contribution is -0.116. The van der Waals surface area contributed by atoms with Crippen LogP contribution < -0.4 is 5.32 Å². The first-order chi connectivity index (χ1) is 11.2. The van der Waals surface area contributed by atoms with Crippen LogP contribution in [-0.2, 0) is 4.79 Å². The molecule has 0 unspecified atom stereocenters. The number of halogens is 1. The van der Waals surface area contributed by atoms with E-state index >= 15 is 0 Å². The lowest BCUT2D eigenvalue weighted by Gasteiger charge is -2.13. The predicted molar refractivity (Wildman–Crippen MR) is 88.3 cm³/mol. The Morgan fingerprint density at radius 2 is 2.04 bits per heavy atom. The Morgan fingerprint density at radius 1 is 1.26 bits per heavy atom. The maximum atomic E-state index is 11.9. The summed E-state index contributed by atoms with van der Waals surface area (Å²) >= 11 is 6.08. The molecule has 0 aliphatic carbocycles. The number of hydrogen-bond donors (Lipinski definition) is 1. The van der Waals surface area contributed by atoms with Crippen molar-refractivity contribution in [1.29, 1.82) is 0 Å². The second-order valence-corrected chi connectivity index (χ2v) is 6.00. The lowest BCUT2D eigenvalue weighted by Crippen LogP contribution is -2.22. The van der Waals surface area contributed by atoms with Crippen LogP contribution in [0.3, 0.4) is 0 Å². The summed E-state index contributed by atoms with van der Waals surface area (Å²) in [5, 5.41) is 10.9. The number of nitrogens with one attached hydrogen (secondary N) is 1. The third kappa shape index (κ3) is 4.30. The zero-order valence-electron chi connectivity index (χ0n) is 12.8. The number of rotatable bonds is 6. The Balaban J connectivity index is 1.50. The van der Waals surface area contributed by atoms with Crippen molar-refractivity contribution >= 4 is 23.5 Å². The van der Waals surface area contributed by atoms with E-state index in [9.17, 15) is 4.79 Å². The quantitative estimate of drug-likeness (QED) is 0.878. The summed E-state index contributed by atoms with van der Waals surface area (Å²) in [5.74, 6) is 0.182. The molecular weight excluding hydrogens is 316 g/mol. The van der Waals surface area contributed by atoms with Crippen LogP contribution in [0, 0.1) is 0 Å². The first-order valence-electron chi connectivity index (χ1n) is 7.83. The van der Waals surface area contributed by atoms with Gasteiger partial charge >= 0.3 is 6.01 Å². The Labute approximate surface area is 139 Å². The van der Waals surface area contributed by atoms with E-state index in [-0.39, 0.29) is 11.9 Å². The smallest absolute Gasteiger partial charge is 0.322 e. The zero-order chi connectivity index (χ0) is 16.1. The van der Waals surface area contributed by atoms with E-state index in [1.54, 1.807) is 12.1 Å². The maximum Gasteiger partial charge on any atom is 0.322 e. The van der Waals surface area contributed by atoms with Crippen LogP contribution >= 0.6 is 11.6 Å². The van der Waals surface area contributed by atoms with Gasteiger partial charge in [-0.25, -0.2) is 0 Å². The topological polar surface area (TPSA) is 71.3 Å². The van der Waals surface area contributed by atoms with Gasteiger partial charge in [0, 0.05) is 6.42 Å². The van der Waals surface area contributed by atoms with Gasteiger partial charge in [0.15, 0.2) is 0 Å². The van der Waals surface area contributed by atoms with Crippen molar-refractivity contribution < 1.29 is 9.21 Å². The summed E-state index contributed by atoms with van der Waals surface area (Å²) in [6.07, 6.45) is 3.80. The third-order valence-corrected chi connectivity index (χ3v) is 4.18. The molecule has 0 radical (unpaired) electrons. The van der Waals surface area contributed by atoms with Gasteiger partial charge in [0.05, 0.1) is 10.6 Å². The molecule has 1 fully saturated rings. The van der Waals surface area contributed by atoms with Crippen LogP contribution in [0.25, 0.3) is 11.5 Å². The fourth-order valence-electron chi connectivity index (χ4n) is 2.67. The normalized spacial score (nSPS) is 15.0. The molecule has 6 nitrogen and oxygen atoms in total. The summed E-state index contributed by atoms with van der Waals surface area (Å²) in [6.45, 7) is 3.25. The van der Waals surface area contributed by atoms with Crippen molar-refractivity contribution in [2.24, 2.45) is 0 Å². The molecule has 7 heteroatoms. The van der Waals surface area contributed by atoms with Crippen LogP contribution in [0.2, 0.25) is 5.02 Å². The second kappa shape index (κ2) is 7.57. The number of amides is 1. The van der Waals surface area contributed by atoms with Crippen molar-refractivity contribution in [2.45, 2.75) is 25.7 Å². The molecular formula is C16H19ClN4O2. The van der Waals surface area contributed by atoms with Crippen LogP contribution in [-0.4, -0.2) is 40.6 Å². The van der Waals surface area contributed by atoms with E-state index in [4.69, 9.17) is 16.0 Å². The molecule has 3 rings (SSSR count). The highest BCUT2D eigenvalue weighted by Crippen LogP contribution is 2.27. The van der Waals surface area contributed by atoms with Gasteiger partial charge < -0.3 is 9.32 Å². The zero-order valence-corrected chi connectivity index (χ0v) is 13.6. The molecule has 1 aromatic heterocycles. The van der Waals surface area contributed by atoms with Gasteiger partial charge in [0.1, 0.15) is 0 Å². The Kier molecular flexibility index (Phi) is 5.25. The fraction of sp³-hybridized carbons (Fsp3) is 0.438. The van der Waals surface area contributed by atoms with Gasteiger partial charge in [0.2, 0.25) is 5.91 Å².